The lowest BCUT2D eigenvalue weighted by molar-refractivity contribution is 0.0960. The zero-order chi connectivity index (χ0) is 19.4. The molecule has 0 bridgehead atoms. The van der Waals surface area contributed by atoms with Gasteiger partial charge in [-0.05, 0) is 62.5 Å². The summed E-state index contributed by atoms with van der Waals surface area (Å²) in [7, 11) is 0. The summed E-state index contributed by atoms with van der Waals surface area (Å²) in [6, 6.07) is 20.7. The molecule has 2 aliphatic rings. The van der Waals surface area contributed by atoms with Gasteiger partial charge in [0, 0.05) is 17.0 Å². The second-order valence-electron chi connectivity index (χ2n) is 7.63. The summed E-state index contributed by atoms with van der Waals surface area (Å²) < 4.78 is 2.18. The summed E-state index contributed by atoms with van der Waals surface area (Å²) in [5, 5.41) is 9.82. The minimum absolute atomic E-state index is 0.217. The Kier molecular flexibility index (Phi) is 5.82. The molecular formula is C23H25N3OS. The molecule has 2 heterocycles. The minimum Gasteiger partial charge on any atom is -0.303 e. The van der Waals surface area contributed by atoms with Crippen LogP contribution in [0.1, 0.15) is 35.2 Å². The van der Waals surface area contributed by atoms with Crippen molar-refractivity contribution in [2.45, 2.75) is 29.6 Å². The van der Waals surface area contributed by atoms with E-state index in [1.165, 1.54) is 0 Å². The number of Topliss-reactive ketones (excluding diaryl/α,β-unsaturated/α-hetero) is 1. The first-order chi connectivity index (χ1) is 13.7. The van der Waals surface area contributed by atoms with E-state index in [0.29, 0.717) is 6.54 Å². The largest absolute Gasteiger partial charge is 0.303 e. The van der Waals surface area contributed by atoms with Gasteiger partial charge in [-0.3, -0.25) is 4.79 Å². The van der Waals surface area contributed by atoms with Gasteiger partial charge in [-0.15, -0.1) is 0 Å². The van der Waals surface area contributed by atoms with Crippen molar-refractivity contribution in [1.82, 2.24) is 9.21 Å². The van der Waals surface area contributed by atoms with Crippen LogP contribution in [0.2, 0.25) is 0 Å². The normalized spacial score (nSPS) is 19.8. The number of carbonyl (C=O) groups is 1. The fraction of sp³-hybridized carbons (Fsp3) is 0.391. The number of benzene rings is 2. The molecule has 0 aliphatic carbocycles. The number of hydrogen-bond acceptors (Lipinski definition) is 5. The molecule has 0 spiro atoms. The number of nitrogens with zero attached hydrogens (tertiary/aromatic N) is 3. The van der Waals surface area contributed by atoms with Crippen molar-refractivity contribution in [2.24, 2.45) is 0 Å². The van der Waals surface area contributed by atoms with Crippen LogP contribution < -0.4 is 0 Å². The zero-order valence-electron chi connectivity index (χ0n) is 16.0. The van der Waals surface area contributed by atoms with E-state index in [1.54, 1.807) is 11.9 Å². The third kappa shape index (κ3) is 4.00. The predicted molar refractivity (Wildman–Crippen MR) is 112 cm³/mol. The molecule has 4 rings (SSSR count). The van der Waals surface area contributed by atoms with Crippen molar-refractivity contribution < 1.29 is 4.79 Å². The molecule has 4 nitrogen and oxygen atoms in total. The number of carbonyl (C=O) groups excluding carboxylic acids is 1. The molecule has 144 valence electrons. The van der Waals surface area contributed by atoms with Crippen LogP contribution in [0.25, 0.3) is 0 Å². The molecule has 0 radical (unpaired) electrons. The Hall–Kier alpha value is -2.13. The quantitative estimate of drug-likeness (QED) is 0.717. The topological polar surface area (TPSA) is 47.3 Å². The minimum atomic E-state index is -0.337. The summed E-state index contributed by atoms with van der Waals surface area (Å²) in [5.41, 5.74) is 1.67. The average molecular weight is 392 g/mol. The highest BCUT2D eigenvalue weighted by Crippen LogP contribution is 2.35. The first-order valence-corrected chi connectivity index (χ1v) is 10.7. The Morgan fingerprint density at radius 2 is 1.71 bits per heavy atom. The molecule has 5 heteroatoms. The summed E-state index contributed by atoms with van der Waals surface area (Å²) in [6.45, 7) is 4.33. The zero-order valence-corrected chi connectivity index (χ0v) is 16.8. The highest BCUT2D eigenvalue weighted by molar-refractivity contribution is 7.97. The monoisotopic (exact) mass is 391 g/mol. The molecular weight excluding hydrogens is 366 g/mol. The van der Waals surface area contributed by atoms with Crippen molar-refractivity contribution in [3.8, 4) is 6.07 Å². The average Bonchev–Trinajstić information content (AvgIpc) is 2.75. The van der Waals surface area contributed by atoms with E-state index < -0.39 is 0 Å². The van der Waals surface area contributed by atoms with Crippen LogP contribution in [-0.2, 0) is 5.41 Å². The number of likely N-dealkylation sites (tertiary alicyclic amines) is 1. The molecule has 0 N–H and O–H groups in total. The molecule has 0 unspecified atom stereocenters. The Labute approximate surface area is 171 Å². The molecule has 1 fully saturated rings. The molecule has 0 amide bonds. The number of rotatable bonds is 5. The molecule has 28 heavy (non-hydrogen) atoms. The molecule has 0 saturated carbocycles. The lowest BCUT2D eigenvalue weighted by Gasteiger charge is -2.38. The molecule has 1 saturated heterocycles. The summed E-state index contributed by atoms with van der Waals surface area (Å²) in [4.78, 5) is 15.8. The second kappa shape index (κ2) is 8.48. The van der Waals surface area contributed by atoms with Crippen molar-refractivity contribution in [3.63, 3.8) is 0 Å². The first kappa shape index (κ1) is 19.2. The van der Waals surface area contributed by atoms with E-state index in [1.807, 2.05) is 42.5 Å². The summed E-state index contributed by atoms with van der Waals surface area (Å²) in [5.74, 6) is 0.217. The predicted octanol–water partition coefficient (Wildman–Crippen LogP) is 4.14. The fourth-order valence-electron chi connectivity index (χ4n) is 4.17. The van der Waals surface area contributed by atoms with Crippen LogP contribution in [0.4, 0.5) is 0 Å². The first-order valence-electron chi connectivity index (χ1n) is 9.94. The van der Waals surface area contributed by atoms with Gasteiger partial charge in [0.2, 0.25) is 0 Å². The fourth-order valence-corrected chi connectivity index (χ4v) is 5.27. The van der Waals surface area contributed by atoms with Crippen LogP contribution in [0, 0.1) is 11.3 Å². The second-order valence-corrected chi connectivity index (χ2v) is 8.77. The van der Waals surface area contributed by atoms with Crippen LogP contribution in [0.15, 0.2) is 59.5 Å². The highest BCUT2D eigenvalue weighted by atomic mass is 32.2. The van der Waals surface area contributed by atoms with Crippen LogP contribution >= 0.6 is 11.9 Å². The maximum atomic E-state index is 12.3. The maximum absolute atomic E-state index is 12.3. The number of piperidine rings is 1. The molecule has 2 aliphatic heterocycles. The van der Waals surface area contributed by atoms with Gasteiger partial charge in [0.1, 0.15) is 0 Å². The van der Waals surface area contributed by atoms with Gasteiger partial charge in [0.25, 0.3) is 0 Å². The van der Waals surface area contributed by atoms with E-state index in [-0.39, 0.29) is 11.2 Å². The van der Waals surface area contributed by atoms with E-state index in [4.69, 9.17) is 0 Å². The summed E-state index contributed by atoms with van der Waals surface area (Å²) in [6.07, 6.45) is 2.81. The van der Waals surface area contributed by atoms with Gasteiger partial charge >= 0.3 is 0 Å². The van der Waals surface area contributed by atoms with Gasteiger partial charge in [-0.25, -0.2) is 4.31 Å². The van der Waals surface area contributed by atoms with Crippen LogP contribution in [0.5, 0.6) is 0 Å². The molecule has 0 aromatic heterocycles. The standard InChI is InChI=1S/C23H25N3OS/c24-18-23(19-7-2-1-3-8-19)11-15-25(16-12-23)13-6-14-26-17-21(27)20-9-4-5-10-22(20)28-26/h1-5,7-10H,6,11-17H2. The maximum Gasteiger partial charge on any atom is 0.178 e. The van der Waals surface area contributed by atoms with Crippen molar-refractivity contribution >= 4 is 17.7 Å². The van der Waals surface area contributed by atoms with E-state index in [0.717, 1.165) is 61.5 Å². The smallest absolute Gasteiger partial charge is 0.178 e. The van der Waals surface area contributed by atoms with Gasteiger partial charge < -0.3 is 4.90 Å². The molecule has 2 aromatic carbocycles. The molecule has 0 atom stereocenters. The Morgan fingerprint density at radius 1 is 1.00 bits per heavy atom. The number of nitriles is 1. The summed E-state index contributed by atoms with van der Waals surface area (Å²) >= 11 is 1.70. The number of hydrogen-bond donors (Lipinski definition) is 0. The highest BCUT2D eigenvalue weighted by Gasteiger charge is 2.36. The van der Waals surface area contributed by atoms with E-state index >= 15 is 0 Å². The SMILES string of the molecule is N#CC1(c2ccccc2)CCN(CCCN2CC(=O)c3ccccc3S2)CC1. The molecule has 2 aromatic rings. The third-order valence-electron chi connectivity index (χ3n) is 5.87. The van der Waals surface area contributed by atoms with E-state index in [2.05, 4.69) is 27.4 Å². The van der Waals surface area contributed by atoms with Gasteiger partial charge in [0.15, 0.2) is 5.78 Å². The third-order valence-corrected chi connectivity index (χ3v) is 6.99. The van der Waals surface area contributed by atoms with Crippen molar-refractivity contribution in [3.05, 3.63) is 65.7 Å². The lowest BCUT2D eigenvalue weighted by atomic mass is 9.74. The Morgan fingerprint density at radius 3 is 2.46 bits per heavy atom. The van der Waals surface area contributed by atoms with E-state index in [9.17, 15) is 10.1 Å². The number of fused-ring (bicyclic) bond motifs is 1. The van der Waals surface area contributed by atoms with Crippen LogP contribution in [0.3, 0.4) is 0 Å². The van der Waals surface area contributed by atoms with Crippen molar-refractivity contribution in [2.75, 3.05) is 32.7 Å². The Bertz CT molecular complexity index is 869. The van der Waals surface area contributed by atoms with Crippen LogP contribution in [-0.4, -0.2) is 47.7 Å². The van der Waals surface area contributed by atoms with Gasteiger partial charge in [-0.2, -0.15) is 5.26 Å². The van der Waals surface area contributed by atoms with Gasteiger partial charge in [-0.1, -0.05) is 48.5 Å². The van der Waals surface area contributed by atoms with Gasteiger partial charge in [0.05, 0.1) is 18.0 Å². The Balaban J connectivity index is 1.26. The lowest BCUT2D eigenvalue weighted by Crippen LogP contribution is -2.42. The van der Waals surface area contributed by atoms with Crippen molar-refractivity contribution in [1.29, 1.82) is 5.26 Å². The number of ketones is 1.